The topological polar surface area (TPSA) is 68.5 Å². The molecule has 0 radical (unpaired) electrons. The highest BCUT2D eigenvalue weighted by molar-refractivity contribution is 7.84. The smallest absolute Gasteiger partial charge is 0.303 e. The maximum atomic E-state index is 13.3. The molecule has 1 aromatic carbocycles. The number of fused-ring (bicyclic) bond motifs is 1. The van der Waals surface area contributed by atoms with Crippen LogP contribution < -0.4 is 4.74 Å². The Kier molecular flexibility index (Phi) is 5.72. The van der Waals surface area contributed by atoms with Crippen molar-refractivity contribution in [2.24, 2.45) is 0 Å². The fraction of sp³-hybridized carbons (Fsp3) is 0.350. The van der Waals surface area contributed by atoms with E-state index >= 15 is 0 Å². The fourth-order valence-corrected chi connectivity index (χ4v) is 5.58. The Morgan fingerprint density at radius 3 is 2.63 bits per heavy atom. The molecular weight excluding hydrogens is 382 g/mol. The zero-order valence-corrected chi connectivity index (χ0v) is 17.4. The van der Waals surface area contributed by atoms with Crippen LogP contribution >= 0.6 is 11.3 Å². The Morgan fingerprint density at radius 1 is 1.30 bits per heavy atom. The molecule has 2 heterocycles. The third kappa shape index (κ3) is 4.25. The average molecular weight is 406 g/mol. The number of thiophene rings is 1. The van der Waals surface area contributed by atoms with Gasteiger partial charge in [-0.1, -0.05) is 0 Å². The maximum Gasteiger partial charge on any atom is 0.303 e. The molecule has 3 rings (SSSR count). The van der Waals surface area contributed by atoms with Crippen molar-refractivity contribution in [1.29, 1.82) is 0 Å². The monoisotopic (exact) mass is 405 g/mol. The standard InChI is InChI=1S/C20H23NO4S2/c1-12(2)25-16-6-7-17-15(5-8-20(22)23)11-21(18(17)10-16)27(24)19-9-13(3)26-14(19)4/h6-7,9-12H,5,8H2,1-4H3,(H,22,23). The summed E-state index contributed by atoms with van der Waals surface area (Å²) < 4.78 is 20.8. The van der Waals surface area contributed by atoms with E-state index in [4.69, 9.17) is 9.84 Å². The van der Waals surface area contributed by atoms with E-state index in [1.54, 1.807) is 15.3 Å². The van der Waals surface area contributed by atoms with Crippen LogP contribution in [0.5, 0.6) is 5.75 Å². The van der Waals surface area contributed by atoms with Crippen LogP contribution in [0.25, 0.3) is 10.9 Å². The first-order chi connectivity index (χ1) is 12.8. The summed E-state index contributed by atoms with van der Waals surface area (Å²) in [6.45, 7) is 7.88. The van der Waals surface area contributed by atoms with Crippen molar-refractivity contribution >= 4 is 39.2 Å². The van der Waals surface area contributed by atoms with Gasteiger partial charge in [0, 0.05) is 33.8 Å². The van der Waals surface area contributed by atoms with Crippen molar-refractivity contribution in [3.63, 3.8) is 0 Å². The molecule has 0 saturated heterocycles. The van der Waals surface area contributed by atoms with E-state index in [0.29, 0.717) is 12.2 Å². The number of benzene rings is 1. The molecule has 0 fully saturated rings. The van der Waals surface area contributed by atoms with Gasteiger partial charge in [-0.25, -0.2) is 4.21 Å². The third-order valence-electron chi connectivity index (χ3n) is 4.17. The zero-order chi connectivity index (χ0) is 19.7. The molecule has 0 aliphatic rings. The van der Waals surface area contributed by atoms with E-state index in [9.17, 15) is 9.00 Å². The predicted octanol–water partition coefficient (Wildman–Crippen LogP) is 4.69. The summed E-state index contributed by atoms with van der Waals surface area (Å²) in [4.78, 5) is 13.9. The van der Waals surface area contributed by atoms with Gasteiger partial charge in [-0.3, -0.25) is 8.77 Å². The van der Waals surface area contributed by atoms with Crippen molar-refractivity contribution in [2.45, 2.75) is 51.5 Å². The van der Waals surface area contributed by atoms with Crippen molar-refractivity contribution in [1.82, 2.24) is 3.97 Å². The maximum absolute atomic E-state index is 13.3. The van der Waals surface area contributed by atoms with Crippen molar-refractivity contribution in [3.05, 3.63) is 45.8 Å². The Bertz CT molecular complexity index is 1020. The minimum atomic E-state index is -1.40. The molecule has 5 nitrogen and oxygen atoms in total. The second kappa shape index (κ2) is 7.86. The van der Waals surface area contributed by atoms with E-state index in [1.807, 2.05) is 58.2 Å². The van der Waals surface area contributed by atoms with Crippen molar-refractivity contribution in [2.75, 3.05) is 0 Å². The van der Waals surface area contributed by atoms with Crippen LogP contribution in [0.4, 0.5) is 0 Å². The van der Waals surface area contributed by atoms with E-state index in [-0.39, 0.29) is 12.5 Å². The average Bonchev–Trinajstić information content (AvgIpc) is 3.11. The van der Waals surface area contributed by atoms with Crippen molar-refractivity contribution < 1.29 is 18.8 Å². The zero-order valence-electron chi connectivity index (χ0n) is 15.8. The Balaban J connectivity index is 2.12. The van der Waals surface area contributed by atoms with Crippen LogP contribution in [0.3, 0.4) is 0 Å². The predicted molar refractivity (Wildman–Crippen MR) is 109 cm³/mol. The van der Waals surface area contributed by atoms with E-state index in [1.165, 1.54) is 0 Å². The summed E-state index contributed by atoms with van der Waals surface area (Å²) in [6, 6.07) is 7.63. The first-order valence-corrected chi connectivity index (χ1v) is 10.7. The summed E-state index contributed by atoms with van der Waals surface area (Å²) in [6.07, 6.45) is 2.27. The van der Waals surface area contributed by atoms with Gasteiger partial charge < -0.3 is 9.84 Å². The van der Waals surface area contributed by atoms with E-state index in [2.05, 4.69) is 0 Å². The lowest BCUT2D eigenvalue weighted by molar-refractivity contribution is -0.136. The van der Waals surface area contributed by atoms with Gasteiger partial charge in [0.15, 0.2) is 11.0 Å². The van der Waals surface area contributed by atoms with Crippen LogP contribution in [-0.2, 0) is 22.2 Å². The molecule has 0 bridgehead atoms. The first-order valence-electron chi connectivity index (χ1n) is 8.78. The van der Waals surface area contributed by atoms with Gasteiger partial charge in [0.25, 0.3) is 0 Å². The minimum Gasteiger partial charge on any atom is -0.491 e. The van der Waals surface area contributed by atoms with Gasteiger partial charge >= 0.3 is 5.97 Å². The highest BCUT2D eigenvalue weighted by Gasteiger charge is 2.18. The van der Waals surface area contributed by atoms with Crippen LogP contribution in [0, 0.1) is 13.8 Å². The highest BCUT2D eigenvalue weighted by atomic mass is 32.2. The molecule has 7 heteroatoms. The van der Waals surface area contributed by atoms with Gasteiger partial charge in [-0.05, 0) is 57.9 Å². The van der Waals surface area contributed by atoms with Crippen molar-refractivity contribution in [3.8, 4) is 5.75 Å². The quantitative estimate of drug-likeness (QED) is 0.619. The summed E-state index contributed by atoms with van der Waals surface area (Å²) in [5, 5.41) is 9.95. The number of hydrogen-bond acceptors (Lipinski definition) is 4. The van der Waals surface area contributed by atoms with Gasteiger partial charge in [-0.15, -0.1) is 11.3 Å². The summed E-state index contributed by atoms with van der Waals surface area (Å²) in [5.74, 6) is -0.141. The number of nitrogens with zero attached hydrogens (tertiary/aromatic N) is 1. The SMILES string of the molecule is Cc1cc(S(=O)n2cc(CCC(=O)O)c3ccc(OC(C)C)cc32)c(C)s1. The number of aliphatic carboxylic acids is 1. The number of aryl methyl sites for hydroxylation is 3. The molecule has 0 amide bonds. The van der Waals surface area contributed by atoms with Gasteiger partial charge in [0.1, 0.15) is 5.75 Å². The van der Waals surface area contributed by atoms with Crippen LogP contribution in [0.15, 0.2) is 35.4 Å². The Hall–Kier alpha value is -2.12. The van der Waals surface area contributed by atoms with Gasteiger partial charge in [0.05, 0.1) is 16.5 Å². The molecule has 2 aromatic heterocycles. The van der Waals surface area contributed by atoms with Gasteiger partial charge in [0.2, 0.25) is 0 Å². The molecule has 0 aliphatic carbocycles. The van der Waals surface area contributed by atoms with E-state index in [0.717, 1.165) is 31.1 Å². The molecule has 0 spiro atoms. The second-order valence-corrected chi connectivity index (χ2v) is 9.54. The molecule has 144 valence electrons. The Labute approximate surface area is 165 Å². The Morgan fingerprint density at radius 2 is 2.04 bits per heavy atom. The van der Waals surface area contributed by atoms with E-state index < -0.39 is 17.0 Å². The lowest BCUT2D eigenvalue weighted by atomic mass is 10.1. The number of rotatable bonds is 7. The highest BCUT2D eigenvalue weighted by Crippen LogP contribution is 2.31. The lowest BCUT2D eigenvalue weighted by Crippen LogP contribution is -2.06. The largest absolute Gasteiger partial charge is 0.491 e. The number of carboxylic acids is 1. The summed E-state index contributed by atoms with van der Waals surface area (Å²) in [5.41, 5.74) is 1.66. The fourth-order valence-electron chi connectivity index (χ4n) is 3.06. The molecule has 0 saturated carbocycles. The molecule has 1 N–H and O–H groups in total. The molecule has 1 unspecified atom stereocenters. The first kappa shape index (κ1) is 19.6. The van der Waals surface area contributed by atoms with Crippen LogP contribution in [-0.4, -0.2) is 25.4 Å². The lowest BCUT2D eigenvalue weighted by Gasteiger charge is -2.11. The number of aromatic nitrogens is 1. The van der Waals surface area contributed by atoms with Crippen LogP contribution in [0.1, 0.15) is 35.6 Å². The number of hydrogen-bond donors (Lipinski definition) is 1. The molecule has 3 aromatic rings. The summed E-state index contributed by atoms with van der Waals surface area (Å²) in [7, 11) is -1.40. The minimum absolute atomic E-state index is 0.0320. The second-order valence-electron chi connectivity index (χ2n) is 6.75. The molecule has 1 atom stereocenters. The van der Waals surface area contributed by atoms with Gasteiger partial charge in [-0.2, -0.15) is 0 Å². The number of ether oxygens (including phenoxy) is 1. The number of carboxylic acid groups (broad SMARTS) is 1. The molecule has 0 aliphatic heterocycles. The molecule has 27 heavy (non-hydrogen) atoms. The summed E-state index contributed by atoms with van der Waals surface area (Å²) >= 11 is 1.62. The normalized spacial score (nSPS) is 12.6. The third-order valence-corrected chi connectivity index (χ3v) is 6.72. The molecular formula is C20H23NO4S2. The number of carbonyl (C=O) groups is 1. The van der Waals surface area contributed by atoms with Crippen LogP contribution in [0.2, 0.25) is 0 Å².